The molecule has 1 aliphatic rings. The number of hydrogen-bond acceptors (Lipinski definition) is 5. The highest BCUT2D eigenvalue weighted by molar-refractivity contribution is 7.99. The fourth-order valence-corrected chi connectivity index (χ4v) is 4.48. The molecule has 2 aromatic rings. The number of hydrogen-bond donors (Lipinski definition) is 2. The molecule has 6 nitrogen and oxygen atoms in total. The summed E-state index contributed by atoms with van der Waals surface area (Å²) < 4.78 is 2.09. The smallest absolute Gasteiger partial charge is 0.275 e. The lowest BCUT2D eigenvalue weighted by Gasteiger charge is -2.20. The van der Waals surface area contributed by atoms with Crippen molar-refractivity contribution < 1.29 is 9.69 Å². The maximum atomic E-state index is 12.3. The normalized spacial score (nSPS) is 20.4. The highest BCUT2D eigenvalue weighted by Crippen LogP contribution is 2.21. The van der Waals surface area contributed by atoms with Crippen LogP contribution in [0.5, 0.6) is 0 Å². The number of likely N-dealkylation sites (tertiary alicyclic amines) is 1. The second-order valence-electron chi connectivity index (χ2n) is 5.97. The fraction of sp³-hybridized carbons (Fsp3) is 0.562. The summed E-state index contributed by atoms with van der Waals surface area (Å²) >= 11 is 3.37. The molecule has 1 aliphatic heterocycles. The van der Waals surface area contributed by atoms with Crippen molar-refractivity contribution in [1.29, 1.82) is 0 Å². The van der Waals surface area contributed by atoms with Crippen LogP contribution < -0.4 is 10.2 Å². The largest absolute Gasteiger partial charge is 0.346 e. The number of aromatic nitrogens is 3. The van der Waals surface area contributed by atoms with Crippen LogP contribution in [0, 0.1) is 0 Å². The van der Waals surface area contributed by atoms with Crippen LogP contribution in [0.25, 0.3) is 0 Å². The lowest BCUT2D eigenvalue weighted by Crippen LogP contribution is -3.11. The van der Waals surface area contributed by atoms with Gasteiger partial charge >= 0.3 is 0 Å². The number of nitrogens with one attached hydrogen (secondary N) is 2. The first kappa shape index (κ1) is 17.4. The molecule has 1 unspecified atom stereocenters. The van der Waals surface area contributed by atoms with E-state index in [1.807, 2.05) is 24.6 Å². The summed E-state index contributed by atoms with van der Waals surface area (Å²) in [6, 6.07) is 4.32. The summed E-state index contributed by atoms with van der Waals surface area (Å²) in [5.41, 5.74) is 0. The van der Waals surface area contributed by atoms with Gasteiger partial charge in [-0.05, 0) is 17.2 Å². The van der Waals surface area contributed by atoms with E-state index in [0.29, 0.717) is 13.1 Å². The van der Waals surface area contributed by atoms with Crippen molar-refractivity contribution >= 4 is 29.0 Å². The van der Waals surface area contributed by atoms with E-state index < -0.39 is 0 Å². The zero-order valence-electron chi connectivity index (χ0n) is 14.1. The van der Waals surface area contributed by atoms with Gasteiger partial charge in [0.2, 0.25) is 0 Å². The van der Waals surface area contributed by atoms with Crippen LogP contribution in [0.4, 0.5) is 0 Å². The van der Waals surface area contributed by atoms with E-state index in [9.17, 15) is 4.79 Å². The number of thioether (sulfide) groups is 1. The highest BCUT2D eigenvalue weighted by Gasteiger charge is 2.35. The van der Waals surface area contributed by atoms with Gasteiger partial charge in [0.25, 0.3) is 5.91 Å². The lowest BCUT2D eigenvalue weighted by atomic mass is 10.2. The summed E-state index contributed by atoms with van der Waals surface area (Å²) in [6.45, 7) is 4.25. The molecule has 1 amide bonds. The third kappa shape index (κ3) is 3.99. The van der Waals surface area contributed by atoms with Gasteiger partial charge in [0.1, 0.15) is 6.04 Å². The molecule has 3 rings (SSSR count). The molecule has 2 N–H and O–H groups in total. The van der Waals surface area contributed by atoms with E-state index in [1.54, 1.807) is 23.1 Å². The van der Waals surface area contributed by atoms with Gasteiger partial charge in [0.15, 0.2) is 17.5 Å². The minimum atomic E-state index is 0.107. The van der Waals surface area contributed by atoms with E-state index in [-0.39, 0.29) is 11.9 Å². The average molecular weight is 367 g/mol. The Bertz CT molecular complexity index is 670. The van der Waals surface area contributed by atoms with Crippen LogP contribution in [0.15, 0.2) is 22.7 Å². The quantitative estimate of drug-likeness (QED) is 0.719. The Morgan fingerprint density at radius 1 is 1.54 bits per heavy atom. The van der Waals surface area contributed by atoms with Crippen molar-refractivity contribution in [2.75, 3.05) is 18.8 Å². The molecule has 0 aromatic carbocycles. The molecule has 3 heterocycles. The van der Waals surface area contributed by atoms with Crippen LogP contribution in [0.1, 0.15) is 36.5 Å². The van der Waals surface area contributed by atoms with Gasteiger partial charge in [-0.2, -0.15) is 0 Å². The van der Waals surface area contributed by atoms with Crippen molar-refractivity contribution in [2.24, 2.45) is 7.05 Å². The van der Waals surface area contributed by atoms with Crippen LogP contribution in [0.2, 0.25) is 0 Å². The minimum Gasteiger partial charge on any atom is -0.346 e. The van der Waals surface area contributed by atoms with Gasteiger partial charge in [0, 0.05) is 24.8 Å². The zero-order valence-corrected chi connectivity index (χ0v) is 15.8. The van der Waals surface area contributed by atoms with Crippen molar-refractivity contribution in [3.8, 4) is 0 Å². The number of carbonyl (C=O) groups is 1. The Hall–Kier alpha value is -1.38. The van der Waals surface area contributed by atoms with E-state index in [1.165, 1.54) is 9.78 Å². The lowest BCUT2D eigenvalue weighted by molar-refractivity contribution is -0.911. The van der Waals surface area contributed by atoms with E-state index in [0.717, 1.165) is 36.1 Å². The van der Waals surface area contributed by atoms with Gasteiger partial charge < -0.3 is 14.8 Å². The summed E-state index contributed by atoms with van der Waals surface area (Å²) in [5.74, 6) is 2.10. The van der Waals surface area contributed by atoms with E-state index in [4.69, 9.17) is 0 Å². The summed E-state index contributed by atoms with van der Waals surface area (Å²) in [5, 5.41) is 14.7. The van der Waals surface area contributed by atoms with Gasteiger partial charge in [-0.3, -0.25) is 4.79 Å². The molecule has 8 heteroatoms. The SMILES string of the molecule is CCSc1nnc([C@H]2CCC[NH+]2CC(=O)NCc2cccs2)n1C. The maximum absolute atomic E-state index is 12.3. The Labute approximate surface area is 150 Å². The Kier molecular flexibility index (Phi) is 5.91. The second-order valence-corrected chi connectivity index (χ2v) is 8.23. The number of carbonyl (C=O) groups excluding carboxylic acids is 1. The molecule has 130 valence electrons. The Balaban J connectivity index is 1.60. The van der Waals surface area contributed by atoms with E-state index in [2.05, 4.69) is 27.0 Å². The molecule has 0 aliphatic carbocycles. The molecule has 0 spiro atoms. The topological polar surface area (TPSA) is 64.2 Å². The van der Waals surface area contributed by atoms with Crippen LogP contribution >= 0.6 is 23.1 Å². The monoisotopic (exact) mass is 366 g/mol. The van der Waals surface area contributed by atoms with Crippen LogP contribution in [-0.2, 0) is 18.4 Å². The number of thiophene rings is 1. The maximum Gasteiger partial charge on any atom is 0.275 e. The third-order valence-corrected chi connectivity index (χ3v) is 6.14. The van der Waals surface area contributed by atoms with Gasteiger partial charge in [-0.25, -0.2) is 0 Å². The van der Waals surface area contributed by atoms with Crippen molar-refractivity contribution in [3.63, 3.8) is 0 Å². The van der Waals surface area contributed by atoms with Gasteiger partial charge in [-0.15, -0.1) is 21.5 Å². The zero-order chi connectivity index (χ0) is 16.9. The van der Waals surface area contributed by atoms with Crippen LogP contribution in [-0.4, -0.2) is 39.5 Å². The van der Waals surface area contributed by atoms with Crippen molar-refractivity contribution in [1.82, 2.24) is 20.1 Å². The number of rotatable bonds is 7. The first-order valence-electron chi connectivity index (χ1n) is 8.34. The molecule has 1 saturated heterocycles. The predicted molar refractivity (Wildman–Crippen MR) is 96.2 cm³/mol. The number of quaternary nitrogens is 1. The standard InChI is InChI=1S/C16H23N5OS2/c1-3-23-16-19-18-15(20(16)2)13-7-4-8-21(13)11-14(22)17-10-12-6-5-9-24-12/h5-6,9,13H,3-4,7-8,10-11H2,1-2H3,(H,17,22)/p+1/t13-/m1/s1. The molecule has 24 heavy (non-hydrogen) atoms. The summed E-state index contributed by atoms with van der Waals surface area (Å²) in [6.07, 6.45) is 2.19. The summed E-state index contributed by atoms with van der Waals surface area (Å²) in [4.78, 5) is 14.8. The molecule has 0 bridgehead atoms. The molecule has 2 aromatic heterocycles. The first-order valence-corrected chi connectivity index (χ1v) is 10.2. The average Bonchev–Trinajstić information content (AvgIpc) is 3.29. The predicted octanol–water partition coefficient (Wildman–Crippen LogP) is 1.02. The highest BCUT2D eigenvalue weighted by atomic mass is 32.2. The van der Waals surface area contributed by atoms with Crippen molar-refractivity contribution in [2.45, 2.75) is 37.5 Å². The Morgan fingerprint density at radius 2 is 2.42 bits per heavy atom. The fourth-order valence-electron chi connectivity index (χ4n) is 3.19. The first-order chi connectivity index (χ1) is 11.7. The molecule has 1 fully saturated rings. The Morgan fingerprint density at radius 3 is 3.17 bits per heavy atom. The van der Waals surface area contributed by atoms with Gasteiger partial charge in [-0.1, -0.05) is 24.8 Å². The summed E-state index contributed by atoms with van der Waals surface area (Å²) in [7, 11) is 2.03. The van der Waals surface area contributed by atoms with Crippen molar-refractivity contribution in [3.05, 3.63) is 28.2 Å². The molecular weight excluding hydrogens is 342 g/mol. The molecular formula is C16H24N5OS2+. The molecule has 0 saturated carbocycles. The number of amides is 1. The number of nitrogens with zero attached hydrogens (tertiary/aromatic N) is 3. The van der Waals surface area contributed by atoms with E-state index >= 15 is 0 Å². The molecule has 0 radical (unpaired) electrons. The second kappa shape index (κ2) is 8.13. The third-order valence-electron chi connectivity index (χ3n) is 4.36. The molecule has 2 atom stereocenters. The van der Waals surface area contributed by atoms with Gasteiger partial charge in [0.05, 0.1) is 13.1 Å². The minimum absolute atomic E-state index is 0.107. The van der Waals surface area contributed by atoms with Crippen LogP contribution in [0.3, 0.4) is 0 Å².